The second-order valence-electron chi connectivity index (χ2n) is 7.67. The first-order valence-corrected chi connectivity index (χ1v) is 12.3. The van der Waals surface area contributed by atoms with Crippen molar-refractivity contribution >= 4 is 23.6 Å². The number of nitrogens with zero attached hydrogens (tertiary/aromatic N) is 4. The van der Waals surface area contributed by atoms with Crippen molar-refractivity contribution in [2.45, 2.75) is 31.8 Å². The van der Waals surface area contributed by atoms with Gasteiger partial charge in [-0.25, -0.2) is 0 Å². The van der Waals surface area contributed by atoms with Gasteiger partial charge in [0.25, 0.3) is 5.91 Å². The number of thioether (sulfide) groups is 1. The number of hydrogen-bond donors (Lipinski definition) is 2. The number of hydrazine groups is 1. The van der Waals surface area contributed by atoms with E-state index in [9.17, 15) is 9.59 Å². The highest BCUT2D eigenvalue weighted by Gasteiger charge is 2.21. The van der Waals surface area contributed by atoms with Crippen molar-refractivity contribution in [3.05, 3.63) is 89.7 Å². The molecular weight excluding hydrogens is 460 g/mol. The lowest BCUT2D eigenvalue weighted by atomic mass is 10.0. The van der Waals surface area contributed by atoms with Gasteiger partial charge in [0, 0.05) is 23.5 Å². The van der Waals surface area contributed by atoms with Crippen LogP contribution in [0.3, 0.4) is 0 Å². The van der Waals surface area contributed by atoms with Gasteiger partial charge in [-0.3, -0.25) is 30.0 Å². The third-order valence-corrected chi connectivity index (χ3v) is 6.35. The molecule has 9 heteroatoms. The van der Waals surface area contributed by atoms with Gasteiger partial charge in [-0.1, -0.05) is 62.0 Å². The van der Waals surface area contributed by atoms with Gasteiger partial charge in [0.05, 0.1) is 11.4 Å². The molecular formula is C26H26N6O2S. The smallest absolute Gasteiger partial charge is 0.269 e. The highest BCUT2D eigenvalue weighted by atomic mass is 32.2. The lowest BCUT2D eigenvalue weighted by molar-refractivity contribution is -0.119. The molecule has 178 valence electrons. The van der Waals surface area contributed by atoms with Gasteiger partial charge in [0.15, 0.2) is 11.0 Å². The Morgan fingerprint density at radius 1 is 0.886 bits per heavy atom. The number of rotatable bonds is 8. The molecule has 2 amide bonds. The minimum Gasteiger partial charge on any atom is -0.272 e. The predicted molar refractivity (Wildman–Crippen MR) is 136 cm³/mol. The summed E-state index contributed by atoms with van der Waals surface area (Å²) in [5, 5.41) is 9.46. The lowest BCUT2D eigenvalue weighted by Crippen LogP contribution is -2.42. The Morgan fingerprint density at radius 3 is 2.29 bits per heavy atom. The monoisotopic (exact) mass is 486 g/mol. The van der Waals surface area contributed by atoms with Gasteiger partial charge in [-0.2, -0.15) is 0 Å². The Balaban J connectivity index is 1.59. The van der Waals surface area contributed by atoms with E-state index in [0.29, 0.717) is 16.5 Å². The Bertz CT molecular complexity index is 1290. The molecule has 0 saturated carbocycles. The van der Waals surface area contributed by atoms with Crippen LogP contribution in [0.4, 0.5) is 0 Å². The summed E-state index contributed by atoms with van der Waals surface area (Å²) in [7, 11) is 0. The third kappa shape index (κ3) is 5.58. The van der Waals surface area contributed by atoms with Crippen molar-refractivity contribution < 1.29 is 9.59 Å². The number of hydrogen-bond acceptors (Lipinski definition) is 6. The van der Waals surface area contributed by atoms with E-state index in [2.05, 4.69) is 58.1 Å². The minimum atomic E-state index is -0.379. The number of benzene rings is 2. The van der Waals surface area contributed by atoms with Gasteiger partial charge in [-0.15, -0.1) is 10.2 Å². The van der Waals surface area contributed by atoms with Crippen LogP contribution < -0.4 is 10.9 Å². The molecule has 0 aliphatic rings. The molecule has 0 bridgehead atoms. The van der Waals surface area contributed by atoms with Crippen LogP contribution in [0.2, 0.25) is 0 Å². The SMILES string of the molecule is CCc1cccc(CC)c1-n1c(SCC(=O)NNC(=O)c2ccccc2)nnc1-c1cccnc1. The summed E-state index contributed by atoms with van der Waals surface area (Å²) in [6.07, 6.45) is 5.14. The van der Waals surface area contributed by atoms with Gasteiger partial charge < -0.3 is 0 Å². The summed E-state index contributed by atoms with van der Waals surface area (Å²) in [6, 6.07) is 18.8. The molecule has 0 aliphatic carbocycles. The van der Waals surface area contributed by atoms with Gasteiger partial charge in [0.2, 0.25) is 5.91 Å². The molecule has 2 aromatic heterocycles. The highest BCUT2D eigenvalue weighted by molar-refractivity contribution is 7.99. The van der Waals surface area contributed by atoms with Gasteiger partial charge in [0.1, 0.15) is 0 Å². The number of aryl methyl sites for hydroxylation is 2. The molecule has 2 N–H and O–H groups in total. The van der Waals surface area contributed by atoms with E-state index >= 15 is 0 Å². The van der Waals surface area contributed by atoms with Gasteiger partial charge in [-0.05, 0) is 48.2 Å². The first kappa shape index (κ1) is 24.2. The number of carbonyl (C=O) groups excluding carboxylic acids is 2. The summed E-state index contributed by atoms with van der Waals surface area (Å²) < 4.78 is 2.01. The molecule has 2 aromatic carbocycles. The summed E-state index contributed by atoms with van der Waals surface area (Å²) in [6.45, 7) is 4.23. The van der Waals surface area contributed by atoms with Crippen LogP contribution >= 0.6 is 11.8 Å². The second-order valence-corrected chi connectivity index (χ2v) is 8.61. The van der Waals surface area contributed by atoms with Crippen LogP contribution in [0.25, 0.3) is 17.1 Å². The maximum atomic E-state index is 12.5. The van der Waals surface area contributed by atoms with E-state index < -0.39 is 0 Å². The van der Waals surface area contributed by atoms with Crippen molar-refractivity contribution in [2.75, 3.05) is 5.75 Å². The molecule has 0 aliphatic heterocycles. The van der Waals surface area contributed by atoms with Crippen LogP contribution in [0.15, 0.2) is 78.2 Å². The molecule has 0 unspecified atom stereocenters. The van der Waals surface area contributed by atoms with Gasteiger partial charge >= 0.3 is 0 Å². The van der Waals surface area contributed by atoms with E-state index in [1.165, 1.54) is 11.8 Å². The molecule has 0 fully saturated rings. The minimum absolute atomic E-state index is 0.0516. The summed E-state index contributed by atoms with van der Waals surface area (Å²) >= 11 is 1.26. The van der Waals surface area contributed by atoms with E-state index in [1.807, 2.05) is 22.8 Å². The fraction of sp³-hybridized carbons (Fsp3) is 0.192. The van der Waals surface area contributed by atoms with E-state index in [-0.39, 0.29) is 17.6 Å². The fourth-order valence-corrected chi connectivity index (χ4v) is 4.44. The number of para-hydroxylation sites is 1. The zero-order valence-corrected chi connectivity index (χ0v) is 20.4. The number of amides is 2. The van der Waals surface area contributed by atoms with Crippen LogP contribution in [0.1, 0.15) is 35.3 Å². The zero-order chi connectivity index (χ0) is 24.6. The molecule has 8 nitrogen and oxygen atoms in total. The Morgan fingerprint density at radius 2 is 1.63 bits per heavy atom. The number of carbonyl (C=O) groups is 2. The first-order chi connectivity index (χ1) is 17.1. The van der Waals surface area contributed by atoms with E-state index in [0.717, 1.165) is 35.2 Å². The first-order valence-electron chi connectivity index (χ1n) is 11.4. The van der Waals surface area contributed by atoms with Crippen LogP contribution in [-0.4, -0.2) is 37.3 Å². The number of aromatic nitrogens is 4. The lowest BCUT2D eigenvalue weighted by Gasteiger charge is -2.18. The molecule has 0 radical (unpaired) electrons. The Kier molecular flexibility index (Phi) is 7.89. The number of pyridine rings is 1. The largest absolute Gasteiger partial charge is 0.272 e. The predicted octanol–water partition coefficient (Wildman–Crippen LogP) is 4.01. The normalized spacial score (nSPS) is 10.7. The molecule has 4 aromatic rings. The highest BCUT2D eigenvalue weighted by Crippen LogP contribution is 2.32. The van der Waals surface area contributed by atoms with Crippen molar-refractivity contribution in [1.29, 1.82) is 0 Å². The summed E-state index contributed by atoms with van der Waals surface area (Å²) in [4.78, 5) is 28.9. The summed E-state index contributed by atoms with van der Waals surface area (Å²) in [5.74, 6) is -0.0172. The van der Waals surface area contributed by atoms with Crippen LogP contribution in [0.5, 0.6) is 0 Å². The second kappa shape index (κ2) is 11.4. The third-order valence-electron chi connectivity index (χ3n) is 5.43. The molecule has 4 rings (SSSR count). The quantitative estimate of drug-likeness (QED) is 0.288. The maximum Gasteiger partial charge on any atom is 0.269 e. The van der Waals surface area contributed by atoms with Crippen LogP contribution in [0, 0.1) is 0 Å². The van der Waals surface area contributed by atoms with Crippen molar-refractivity contribution in [2.24, 2.45) is 0 Å². The molecule has 2 heterocycles. The maximum absolute atomic E-state index is 12.5. The van der Waals surface area contributed by atoms with E-state index in [4.69, 9.17) is 0 Å². The molecule has 0 spiro atoms. The Hall–Kier alpha value is -3.98. The Labute approximate surface area is 208 Å². The topological polar surface area (TPSA) is 102 Å². The molecule has 0 saturated heterocycles. The molecule has 35 heavy (non-hydrogen) atoms. The summed E-state index contributed by atoms with van der Waals surface area (Å²) in [5.41, 5.74) is 9.56. The zero-order valence-electron chi connectivity index (χ0n) is 19.6. The van der Waals surface area contributed by atoms with Crippen molar-refractivity contribution in [3.63, 3.8) is 0 Å². The van der Waals surface area contributed by atoms with Crippen molar-refractivity contribution in [3.8, 4) is 17.1 Å². The number of nitrogens with one attached hydrogen (secondary N) is 2. The standard InChI is InChI=1S/C26H26N6O2S/c1-3-18-12-8-13-19(4-2)23(18)32-24(21-14-9-15-27-16-21)29-31-26(32)35-17-22(33)28-30-25(34)20-10-6-5-7-11-20/h5-16H,3-4,17H2,1-2H3,(H,28,33)(H,30,34). The van der Waals surface area contributed by atoms with Crippen LogP contribution in [-0.2, 0) is 17.6 Å². The fourth-order valence-electron chi connectivity index (χ4n) is 3.70. The average Bonchev–Trinajstić information content (AvgIpc) is 3.34. The average molecular weight is 487 g/mol. The molecule has 0 atom stereocenters. The van der Waals surface area contributed by atoms with Crippen molar-refractivity contribution in [1.82, 2.24) is 30.6 Å². The van der Waals surface area contributed by atoms with E-state index in [1.54, 1.807) is 36.7 Å².